The Bertz CT molecular complexity index is 495. The molecule has 0 bridgehead atoms. The number of halogens is 1. The SMILES string of the molecule is COc1cccc(CCCN2C(=O)C[C@H]3NCC[C@H]32)c1.Cl. The number of methoxy groups -OCH3 is 1. The van der Waals surface area contributed by atoms with Gasteiger partial charge in [-0.05, 0) is 43.5 Å². The Morgan fingerprint density at radius 3 is 3.10 bits per heavy atom. The summed E-state index contributed by atoms with van der Waals surface area (Å²) in [5.41, 5.74) is 1.28. The monoisotopic (exact) mass is 310 g/mol. The van der Waals surface area contributed by atoms with Crippen LogP contribution in [0.3, 0.4) is 0 Å². The molecule has 2 heterocycles. The standard InChI is InChI=1S/C16H22N2O2.ClH/c1-20-13-6-2-4-12(10-13)5-3-9-18-15-7-8-17-14(15)11-16(18)19;/h2,4,6,10,14-15,17H,3,5,7-9,11H2,1H3;1H/t14-,15-;/m1./s1. The molecule has 2 aliphatic rings. The summed E-state index contributed by atoms with van der Waals surface area (Å²) in [5.74, 6) is 1.22. The van der Waals surface area contributed by atoms with E-state index in [4.69, 9.17) is 4.74 Å². The Morgan fingerprint density at radius 1 is 1.43 bits per heavy atom. The van der Waals surface area contributed by atoms with Crippen LogP contribution in [0.1, 0.15) is 24.8 Å². The highest BCUT2D eigenvalue weighted by Gasteiger charge is 2.41. The molecule has 1 amide bonds. The molecule has 1 N–H and O–H groups in total. The van der Waals surface area contributed by atoms with Crippen LogP contribution in [-0.2, 0) is 11.2 Å². The van der Waals surface area contributed by atoms with E-state index in [1.807, 2.05) is 12.1 Å². The van der Waals surface area contributed by atoms with Crippen molar-refractivity contribution in [3.8, 4) is 5.75 Å². The van der Waals surface area contributed by atoms with Crippen molar-refractivity contribution in [3.05, 3.63) is 29.8 Å². The second kappa shape index (κ2) is 7.14. The average molecular weight is 311 g/mol. The molecule has 2 saturated heterocycles. The number of carbonyl (C=O) groups excluding carboxylic acids is 1. The van der Waals surface area contributed by atoms with Crippen LogP contribution < -0.4 is 10.1 Å². The van der Waals surface area contributed by atoms with Gasteiger partial charge in [-0.2, -0.15) is 0 Å². The van der Waals surface area contributed by atoms with Crippen molar-refractivity contribution in [2.45, 2.75) is 37.8 Å². The largest absolute Gasteiger partial charge is 0.497 e. The van der Waals surface area contributed by atoms with Gasteiger partial charge in [-0.3, -0.25) is 4.79 Å². The second-order valence-corrected chi connectivity index (χ2v) is 5.66. The summed E-state index contributed by atoms with van der Waals surface area (Å²) in [5, 5.41) is 3.42. The van der Waals surface area contributed by atoms with E-state index >= 15 is 0 Å². The van der Waals surface area contributed by atoms with Crippen molar-refractivity contribution >= 4 is 18.3 Å². The summed E-state index contributed by atoms with van der Waals surface area (Å²) < 4.78 is 5.24. The fraction of sp³-hybridized carbons (Fsp3) is 0.562. The Kier molecular flexibility index (Phi) is 5.48. The molecule has 5 heteroatoms. The van der Waals surface area contributed by atoms with Crippen molar-refractivity contribution in [1.82, 2.24) is 10.2 Å². The van der Waals surface area contributed by atoms with Crippen LogP contribution in [0.4, 0.5) is 0 Å². The Hall–Kier alpha value is -1.26. The molecule has 2 atom stereocenters. The van der Waals surface area contributed by atoms with Crippen molar-refractivity contribution < 1.29 is 9.53 Å². The lowest BCUT2D eigenvalue weighted by molar-refractivity contribution is -0.129. The van der Waals surface area contributed by atoms with Gasteiger partial charge in [0.15, 0.2) is 0 Å². The lowest BCUT2D eigenvalue weighted by Crippen LogP contribution is -2.36. The number of amides is 1. The number of likely N-dealkylation sites (tertiary alicyclic amines) is 1. The van der Waals surface area contributed by atoms with Gasteiger partial charge in [0.05, 0.1) is 7.11 Å². The van der Waals surface area contributed by atoms with E-state index in [0.29, 0.717) is 24.4 Å². The maximum absolute atomic E-state index is 12.0. The Morgan fingerprint density at radius 2 is 2.29 bits per heavy atom. The first-order valence-electron chi connectivity index (χ1n) is 7.44. The predicted molar refractivity (Wildman–Crippen MR) is 85.1 cm³/mol. The number of fused-ring (bicyclic) bond motifs is 1. The molecule has 116 valence electrons. The molecule has 2 aliphatic heterocycles. The highest BCUT2D eigenvalue weighted by molar-refractivity contribution is 5.85. The van der Waals surface area contributed by atoms with Gasteiger partial charge in [-0.15, -0.1) is 12.4 Å². The third-order valence-corrected chi connectivity index (χ3v) is 4.42. The number of ether oxygens (including phenoxy) is 1. The van der Waals surface area contributed by atoms with Gasteiger partial charge in [-0.25, -0.2) is 0 Å². The van der Waals surface area contributed by atoms with Gasteiger partial charge in [0.25, 0.3) is 0 Å². The number of hydrogen-bond acceptors (Lipinski definition) is 3. The quantitative estimate of drug-likeness (QED) is 0.904. The summed E-state index contributed by atoms with van der Waals surface area (Å²) in [6, 6.07) is 9.01. The number of carbonyl (C=O) groups is 1. The van der Waals surface area contributed by atoms with E-state index in [9.17, 15) is 4.79 Å². The smallest absolute Gasteiger partial charge is 0.224 e. The number of rotatable bonds is 5. The number of hydrogen-bond donors (Lipinski definition) is 1. The number of benzene rings is 1. The molecule has 4 nitrogen and oxygen atoms in total. The zero-order valence-corrected chi connectivity index (χ0v) is 13.2. The van der Waals surface area contributed by atoms with E-state index < -0.39 is 0 Å². The first kappa shape index (κ1) is 16.1. The fourth-order valence-electron chi connectivity index (χ4n) is 3.40. The summed E-state index contributed by atoms with van der Waals surface area (Å²) in [4.78, 5) is 14.1. The molecule has 3 rings (SSSR count). The summed E-state index contributed by atoms with van der Waals surface area (Å²) >= 11 is 0. The van der Waals surface area contributed by atoms with Crippen LogP contribution in [0, 0.1) is 0 Å². The minimum Gasteiger partial charge on any atom is -0.497 e. The highest BCUT2D eigenvalue weighted by atomic mass is 35.5. The molecule has 1 aromatic rings. The Labute approximate surface area is 132 Å². The molecule has 0 saturated carbocycles. The maximum Gasteiger partial charge on any atom is 0.224 e. The third kappa shape index (κ3) is 3.50. The van der Waals surface area contributed by atoms with E-state index in [2.05, 4.69) is 22.3 Å². The minimum absolute atomic E-state index is 0. The van der Waals surface area contributed by atoms with Crippen molar-refractivity contribution in [2.75, 3.05) is 20.2 Å². The third-order valence-electron chi connectivity index (χ3n) is 4.42. The summed E-state index contributed by atoms with van der Waals surface area (Å²) in [6.45, 7) is 1.92. The van der Waals surface area contributed by atoms with Crippen LogP contribution >= 0.6 is 12.4 Å². The average Bonchev–Trinajstić information content (AvgIpc) is 3.01. The maximum atomic E-state index is 12.0. The number of aryl methyl sites for hydroxylation is 1. The number of nitrogens with zero attached hydrogens (tertiary/aromatic N) is 1. The first-order chi connectivity index (χ1) is 9.78. The van der Waals surface area contributed by atoms with Gasteiger partial charge in [0.1, 0.15) is 5.75 Å². The molecule has 2 fully saturated rings. The van der Waals surface area contributed by atoms with E-state index in [0.717, 1.165) is 38.1 Å². The van der Waals surface area contributed by atoms with Gasteiger partial charge < -0.3 is 15.0 Å². The first-order valence-corrected chi connectivity index (χ1v) is 7.44. The van der Waals surface area contributed by atoms with E-state index in [-0.39, 0.29) is 12.4 Å². The molecular formula is C16H23ClN2O2. The van der Waals surface area contributed by atoms with Gasteiger partial charge in [0, 0.05) is 25.0 Å². The van der Waals surface area contributed by atoms with Crippen LogP contribution in [0.15, 0.2) is 24.3 Å². The van der Waals surface area contributed by atoms with Crippen molar-refractivity contribution in [2.24, 2.45) is 0 Å². The topological polar surface area (TPSA) is 41.6 Å². The molecule has 0 aromatic heterocycles. The van der Waals surface area contributed by atoms with Crippen molar-refractivity contribution in [1.29, 1.82) is 0 Å². The van der Waals surface area contributed by atoms with Crippen LogP contribution in [-0.4, -0.2) is 43.1 Å². The van der Waals surface area contributed by atoms with Crippen LogP contribution in [0.2, 0.25) is 0 Å². The summed E-state index contributed by atoms with van der Waals surface area (Å²) in [7, 11) is 1.69. The minimum atomic E-state index is 0. The van der Waals surface area contributed by atoms with E-state index in [1.54, 1.807) is 7.11 Å². The molecular weight excluding hydrogens is 288 g/mol. The molecule has 0 spiro atoms. The normalized spacial score (nSPS) is 23.9. The predicted octanol–water partition coefficient (Wildman–Crippen LogP) is 2.01. The van der Waals surface area contributed by atoms with E-state index in [1.165, 1.54) is 5.56 Å². The summed E-state index contributed by atoms with van der Waals surface area (Å²) in [6.07, 6.45) is 3.80. The van der Waals surface area contributed by atoms with Crippen molar-refractivity contribution in [3.63, 3.8) is 0 Å². The highest BCUT2D eigenvalue weighted by Crippen LogP contribution is 2.26. The van der Waals surface area contributed by atoms with Gasteiger partial charge in [-0.1, -0.05) is 12.1 Å². The van der Waals surface area contributed by atoms with Gasteiger partial charge >= 0.3 is 0 Å². The zero-order chi connectivity index (χ0) is 13.9. The van der Waals surface area contributed by atoms with Crippen LogP contribution in [0.25, 0.3) is 0 Å². The molecule has 0 radical (unpaired) electrons. The lowest BCUT2D eigenvalue weighted by atomic mass is 10.1. The fourth-order valence-corrected chi connectivity index (χ4v) is 3.40. The zero-order valence-electron chi connectivity index (χ0n) is 12.4. The van der Waals surface area contributed by atoms with Gasteiger partial charge in [0.2, 0.25) is 5.91 Å². The Balaban J connectivity index is 0.00000161. The lowest BCUT2D eigenvalue weighted by Gasteiger charge is -2.23. The molecule has 1 aromatic carbocycles. The molecule has 0 aliphatic carbocycles. The van der Waals surface area contributed by atoms with Crippen LogP contribution in [0.5, 0.6) is 5.75 Å². The second-order valence-electron chi connectivity index (χ2n) is 5.66. The molecule has 21 heavy (non-hydrogen) atoms. The molecule has 0 unspecified atom stereocenters. The number of nitrogens with one attached hydrogen (secondary N) is 1.